The van der Waals surface area contributed by atoms with Crippen molar-refractivity contribution in [2.45, 2.75) is 6.92 Å². The zero-order valence-electron chi connectivity index (χ0n) is 16.7. The minimum Gasteiger partial charge on any atom is -0.267 e. The maximum Gasteiger partial charge on any atom is 0.273 e. The Morgan fingerprint density at radius 2 is 1.48 bits per heavy atom. The van der Waals surface area contributed by atoms with Gasteiger partial charge in [-0.25, -0.2) is 9.07 Å². The van der Waals surface area contributed by atoms with Gasteiger partial charge in [0.2, 0.25) is 0 Å². The molecule has 6 nitrogen and oxygen atoms in total. The number of benzene rings is 3. The number of hydrogen-bond donors (Lipinski definition) is 2. The molecule has 4 rings (SSSR count). The van der Waals surface area contributed by atoms with Gasteiger partial charge in [0.1, 0.15) is 11.5 Å². The Morgan fingerprint density at radius 3 is 2.19 bits per heavy atom. The number of halogens is 1. The molecule has 0 unspecified atom stereocenters. The van der Waals surface area contributed by atoms with E-state index in [1.54, 1.807) is 10.9 Å². The zero-order chi connectivity index (χ0) is 21.8. The van der Waals surface area contributed by atoms with E-state index in [-0.39, 0.29) is 5.56 Å². The number of para-hydroxylation sites is 1. The Labute approximate surface area is 178 Å². The number of amides is 2. The van der Waals surface area contributed by atoms with Crippen LogP contribution in [0.25, 0.3) is 16.9 Å². The van der Waals surface area contributed by atoms with Gasteiger partial charge in [-0.05, 0) is 48.9 Å². The van der Waals surface area contributed by atoms with Crippen LogP contribution in [0.5, 0.6) is 0 Å². The lowest BCUT2D eigenvalue weighted by molar-refractivity contribution is 0.0847. The molecule has 0 aliphatic rings. The molecule has 31 heavy (non-hydrogen) atoms. The Bertz CT molecular complexity index is 1230. The van der Waals surface area contributed by atoms with Crippen LogP contribution < -0.4 is 10.9 Å². The third kappa shape index (κ3) is 4.35. The first-order valence-electron chi connectivity index (χ1n) is 9.60. The molecule has 0 bridgehead atoms. The summed E-state index contributed by atoms with van der Waals surface area (Å²) in [4.78, 5) is 25.2. The minimum absolute atomic E-state index is 0.223. The molecule has 4 aromatic rings. The molecular formula is C24H19FN4O2. The predicted molar refractivity (Wildman–Crippen MR) is 115 cm³/mol. The van der Waals surface area contributed by atoms with E-state index in [1.165, 1.54) is 24.3 Å². The van der Waals surface area contributed by atoms with Crippen LogP contribution in [-0.4, -0.2) is 21.6 Å². The first-order chi connectivity index (χ1) is 15.0. The fraction of sp³-hybridized carbons (Fsp3) is 0.0417. The topological polar surface area (TPSA) is 76.0 Å². The number of carbonyl (C=O) groups excluding carboxylic acids is 2. The van der Waals surface area contributed by atoms with E-state index >= 15 is 0 Å². The monoisotopic (exact) mass is 414 g/mol. The van der Waals surface area contributed by atoms with Gasteiger partial charge in [-0.15, -0.1) is 0 Å². The maximum absolute atomic E-state index is 13.1. The summed E-state index contributed by atoms with van der Waals surface area (Å²) >= 11 is 0. The molecule has 3 aromatic carbocycles. The van der Waals surface area contributed by atoms with E-state index in [1.807, 2.05) is 61.5 Å². The fourth-order valence-corrected chi connectivity index (χ4v) is 3.14. The molecule has 0 fully saturated rings. The largest absolute Gasteiger partial charge is 0.273 e. The van der Waals surface area contributed by atoms with Crippen molar-refractivity contribution in [1.29, 1.82) is 0 Å². The van der Waals surface area contributed by atoms with Crippen LogP contribution in [0.2, 0.25) is 0 Å². The van der Waals surface area contributed by atoms with Crippen molar-refractivity contribution in [3.05, 3.63) is 108 Å². The van der Waals surface area contributed by atoms with Crippen molar-refractivity contribution in [2.75, 3.05) is 0 Å². The molecule has 0 aliphatic heterocycles. The predicted octanol–water partition coefficient (Wildman–Crippen LogP) is 4.06. The second-order valence-electron chi connectivity index (χ2n) is 6.90. The van der Waals surface area contributed by atoms with Gasteiger partial charge in [0.25, 0.3) is 11.8 Å². The number of hydrazine groups is 1. The van der Waals surface area contributed by atoms with Crippen molar-refractivity contribution >= 4 is 11.8 Å². The number of nitrogens with one attached hydrogen (secondary N) is 2. The molecule has 0 atom stereocenters. The van der Waals surface area contributed by atoms with Crippen molar-refractivity contribution < 1.29 is 14.0 Å². The lowest BCUT2D eigenvalue weighted by Crippen LogP contribution is -2.41. The Kier molecular flexibility index (Phi) is 5.57. The van der Waals surface area contributed by atoms with Gasteiger partial charge in [0.15, 0.2) is 0 Å². The number of nitrogens with zero attached hydrogens (tertiary/aromatic N) is 2. The van der Waals surface area contributed by atoms with Gasteiger partial charge in [-0.1, -0.05) is 42.5 Å². The third-order valence-electron chi connectivity index (χ3n) is 4.78. The van der Waals surface area contributed by atoms with Crippen LogP contribution in [0.4, 0.5) is 4.39 Å². The molecule has 7 heteroatoms. The van der Waals surface area contributed by atoms with Crippen LogP contribution >= 0.6 is 0 Å². The van der Waals surface area contributed by atoms with Crippen molar-refractivity contribution in [3.63, 3.8) is 0 Å². The third-order valence-corrected chi connectivity index (χ3v) is 4.78. The van der Waals surface area contributed by atoms with Crippen LogP contribution in [-0.2, 0) is 0 Å². The van der Waals surface area contributed by atoms with Crippen LogP contribution in [0, 0.1) is 12.7 Å². The SMILES string of the molecule is Cc1ccccc1-c1nn(-c2ccccc2)cc1C(=O)NNC(=O)c1ccc(F)cc1. The van der Waals surface area contributed by atoms with Crippen molar-refractivity contribution in [1.82, 2.24) is 20.6 Å². The molecule has 2 N–H and O–H groups in total. The van der Waals surface area contributed by atoms with Gasteiger partial charge in [-0.3, -0.25) is 20.4 Å². The molecule has 0 spiro atoms. The number of aromatic nitrogens is 2. The molecule has 2 amide bonds. The summed E-state index contributed by atoms with van der Waals surface area (Å²) in [5.74, 6) is -1.52. The lowest BCUT2D eigenvalue weighted by atomic mass is 10.0. The van der Waals surface area contributed by atoms with Gasteiger partial charge in [0, 0.05) is 17.3 Å². The molecule has 0 saturated carbocycles. The average molecular weight is 414 g/mol. The zero-order valence-corrected chi connectivity index (χ0v) is 16.7. The number of hydrogen-bond acceptors (Lipinski definition) is 3. The molecular weight excluding hydrogens is 395 g/mol. The van der Waals surface area contributed by atoms with E-state index in [2.05, 4.69) is 16.0 Å². The van der Waals surface area contributed by atoms with Gasteiger partial charge < -0.3 is 0 Å². The number of carbonyl (C=O) groups is 2. The van der Waals surface area contributed by atoms with E-state index in [0.29, 0.717) is 11.3 Å². The highest BCUT2D eigenvalue weighted by Gasteiger charge is 2.20. The standard InChI is InChI=1S/C24H19FN4O2/c1-16-7-5-6-10-20(16)22-21(15-29(28-22)19-8-3-2-4-9-19)24(31)27-26-23(30)17-11-13-18(25)14-12-17/h2-15H,1H3,(H,26,30)(H,27,31). The number of aryl methyl sites for hydroxylation is 1. The fourth-order valence-electron chi connectivity index (χ4n) is 3.14. The molecule has 0 aliphatic carbocycles. The summed E-state index contributed by atoms with van der Waals surface area (Å²) in [6.07, 6.45) is 1.62. The summed E-state index contributed by atoms with van der Waals surface area (Å²) in [5.41, 5.74) is 8.38. The van der Waals surface area contributed by atoms with E-state index in [0.717, 1.165) is 16.8 Å². The second kappa shape index (κ2) is 8.62. The quantitative estimate of drug-likeness (QED) is 0.495. The summed E-state index contributed by atoms with van der Waals surface area (Å²) in [6, 6.07) is 22.1. The lowest BCUT2D eigenvalue weighted by Gasteiger charge is -2.08. The first kappa shape index (κ1) is 20.0. The van der Waals surface area contributed by atoms with Crippen LogP contribution in [0.15, 0.2) is 85.1 Å². The Balaban J connectivity index is 1.63. The molecule has 154 valence electrons. The average Bonchev–Trinajstić information content (AvgIpc) is 3.24. The smallest absolute Gasteiger partial charge is 0.267 e. The summed E-state index contributed by atoms with van der Waals surface area (Å²) < 4.78 is 14.7. The molecule has 0 radical (unpaired) electrons. The normalized spacial score (nSPS) is 10.5. The summed E-state index contributed by atoms with van der Waals surface area (Å²) in [5, 5.41) is 4.63. The summed E-state index contributed by atoms with van der Waals surface area (Å²) in [6.45, 7) is 1.94. The van der Waals surface area contributed by atoms with Gasteiger partial charge >= 0.3 is 0 Å². The van der Waals surface area contributed by atoms with Crippen molar-refractivity contribution in [2.24, 2.45) is 0 Å². The highest BCUT2D eigenvalue weighted by molar-refractivity contribution is 6.02. The minimum atomic E-state index is -0.554. The van der Waals surface area contributed by atoms with E-state index in [4.69, 9.17) is 0 Å². The Morgan fingerprint density at radius 1 is 0.839 bits per heavy atom. The van der Waals surface area contributed by atoms with Gasteiger partial charge in [0.05, 0.1) is 11.3 Å². The second-order valence-corrected chi connectivity index (χ2v) is 6.90. The highest BCUT2D eigenvalue weighted by Crippen LogP contribution is 2.26. The molecule has 0 saturated heterocycles. The molecule has 1 heterocycles. The molecule has 1 aromatic heterocycles. The van der Waals surface area contributed by atoms with Crippen LogP contribution in [0.1, 0.15) is 26.3 Å². The number of rotatable bonds is 4. The van der Waals surface area contributed by atoms with Crippen LogP contribution in [0.3, 0.4) is 0 Å². The van der Waals surface area contributed by atoms with Gasteiger partial charge in [-0.2, -0.15) is 5.10 Å². The van der Waals surface area contributed by atoms with E-state index in [9.17, 15) is 14.0 Å². The maximum atomic E-state index is 13.1. The highest BCUT2D eigenvalue weighted by atomic mass is 19.1. The first-order valence-corrected chi connectivity index (χ1v) is 9.60. The van der Waals surface area contributed by atoms with E-state index < -0.39 is 17.6 Å². The Hall–Kier alpha value is -4.26. The summed E-state index contributed by atoms with van der Waals surface area (Å²) in [7, 11) is 0. The van der Waals surface area contributed by atoms with Crippen molar-refractivity contribution in [3.8, 4) is 16.9 Å².